The maximum Gasteiger partial charge on any atom is 0.302 e. The summed E-state index contributed by atoms with van der Waals surface area (Å²) in [6.45, 7) is 3.65. The van der Waals surface area contributed by atoms with Crippen molar-refractivity contribution < 1.29 is 9.53 Å². The van der Waals surface area contributed by atoms with Gasteiger partial charge < -0.3 is 4.74 Å². The van der Waals surface area contributed by atoms with Crippen LogP contribution in [0.1, 0.15) is 13.8 Å². The standard InChI is InChI=1S/C6H6.C4H8O2.H2S/c1-2-4-6-5-3-1;1-3-6-4(2)5;/h1-6H;3H2,1-2H3;1H2. The Hall–Kier alpha value is -0.960. The molecule has 1 aromatic rings. The molecular formula is C10H16O2S. The van der Waals surface area contributed by atoms with Crippen LogP contribution in [0.4, 0.5) is 0 Å². The van der Waals surface area contributed by atoms with Gasteiger partial charge in [-0.2, -0.15) is 13.5 Å². The summed E-state index contributed by atoms with van der Waals surface area (Å²) in [5, 5.41) is 0. The van der Waals surface area contributed by atoms with E-state index < -0.39 is 0 Å². The van der Waals surface area contributed by atoms with Crippen molar-refractivity contribution >= 4 is 19.5 Å². The molecule has 0 amide bonds. The van der Waals surface area contributed by atoms with Gasteiger partial charge in [0, 0.05) is 6.92 Å². The first-order chi connectivity index (χ1) is 5.77. The minimum Gasteiger partial charge on any atom is -0.466 e. The monoisotopic (exact) mass is 200 g/mol. The minimum absolute atomic E-state index is 0. The highest BCUT2D eigenvalue weighted by Crippen LogP contribution is 1.79. The van der Waals surface area contributed by atoms with Gasteiger partial charge in [0.1, 0.15) is 0 Å². The van der Waals surface area contributed by atoms with Gasteiger partial charge in [-0.25, -0.2) is 0 Å². The van der Waals surface area contributed by atoms with E-state index in [2.05, 4.69) is 4.74 Å². The number of carbonyl (C=O) groups excluding carboxylic acids is 1. The molecule has 1 aromatic carbocycles. The van der Waals surface area contributed by atoms with E-state index in [0.717, 1.165) is 0 Å². The first-order valence-electron chi connectivity index (χ1n) is 3.90. The molecule has 0 radical (unpaired) electrons. The summed E-state index contributed by atoms with van der Waals surface area (Å²) in [6.07, 6.45) is 0. The van der Waals surface area contributed by atoms with Crippen molar-refractivity contribution in [1.82, 2.24) is 0 Å². The van der Waals surface area contributed by atoms with Gasteiger partial charge in [-0.15, -0.1) is 0 Å². The van der Waals surface area contributed by atoms with Gasteiger partial charge in [0.15, 0.2) is 0 Å². The van der Waals surface area contributed by atoms with Crippen molar-refractivity contribution in [2.75, 3.05) is 6.61 Å². The van der Waals surface area contributed by atoms with Crippen LogP contribution >= 0.6 is 13.5 Å². The maximum absolute atomic E-state index is 9.82. The maximum atomic E-state index is 9.82. The molecule has 13 heavy (non-hydrogen) atoms. The molecule has 0 aliphatic heterocycles. The van der Waals surface area contributed by atoms with Crippen molar-refractivity contribution in [1.29, 1.82) is 0 Å². The topological polar surface area (TPSA) is 26.3 Å². The molecule has 3 heteroatoms. The number of esters is 1. The normalized spacial score (nSPS) is 7.23. The fraction of sp³-hybridized carbons (Fsp3) is 0.300. The first kappa shape index (κ1) is 14.6. The number of carbonyl (C=O) groups is 1. The Morgan fingerprint density at radius 2 is 1.38 bits per heavy atom. The Kier molecular flexibility index (Phi) is 12.4. The van der Waals surface area contributed by atoms with Gasteiger partial charge in [0.25, 0.3) is 0 Å². The molecule has 0 atom stereocenters. The second-order valence-corrected chi connectivity index (χ2v) is 2.08. The highest BCUT2D eigenvalue weighted by Gasteiger charge is 1.81. The second kappa shape index (κ2) is 11.0. The summed E-state index contributed by atoms with van der Waals surface area (Å²) >= 11 is 0. The zero-order valence-electron chi connectivity index (χ0n) is 7.99. The highest BCUT2D eigenvalue weighted by molar-refractivity contribution is 7.59. The molecule has 0 aliphatic rings. The molecule has 0 bridgehead atoms. The van der Waals surface area contributed by atoms with E-state index in [-0.39, 0.29) is 19.5 Å². The first-order valence-corrected chi connectivity index (χ1v) is 3.90. The number of hydrogen-bond acceptors (Lipinski definition) is 2. The SMILES string of the molecule is CCOC(C)=O.S.c1ccccc1. The summed E-state index contributed by atoms with van der Waals surface area (Å²) in [5.41, 5.74) is 0. The summed E-state index contributed by atoms with van der Waals surface area (Å²) in [5.74, 6) is -0.211. The van der Waals surface area contributed by atoms with Crippen molar-refractivity contribution in [2.24, 2.45) is 0 Å². The van der Waals surface area contributed by atoms with E-state index in [9.17, 15) is 4.79 Å². The zero-order valence-corrected chi connectivity index (χ0v) is 8.99. The Balaban J connectivity index is 0. The third kappa shape index (κ3) is 14.0. The second-order valence-electron chi connectivity index (χ2n) is 2.08. The number of ether oxygens (including phenoxy) is 1. The Labute approximate surface area is 86.4 Å². The fourth-order valence-corrected chi connectivity index (χ4v) is 0.588. The van der Waals surface area contributed by atoms with Crippen LogP contribution in [0, 0.1) is 0 Å². The third-order valence-electron chi connectivity index (χ3n) is 1.01. The van der Waals surface area contributed by atoms with Gasteiger partial charge >= 0.3 is 5.97 Å². The largest absolute Gasteiger partial charge is 0.466 e. The summed E-state index contributed by atoms with van der Waals surface area (Å²) in [4.78, 5) is 9.82. The molecule has 0 N–H and O–H groups in total. The van der Waals surface area contributed by atoms with Crippen LogP contribution < -0.4 is 0 Å². The Bertz CT molecular complexity index is 173. The van der Waals surface area contributed by atoms with E-state index in [0.29, 0.717) is 6.61 Å². The lowest BCUT2D eigenvalue weighted by atomic mass is 10.4. The smallest absolute Gasteiger partial charge is 0.302 e. The van der Waals surface area contributed by atoms with E-state index in [1.54, 1.807) is 6.92 Å². The molecule has 0 fully saturated rings. The number of benzene rings is 1. The van der Waals surface area contributed by atoms with E-state index in [4.69, 9.17) is 0 Å². The van der Waals surface area contributed by atoms with Gasteiger partial charge in [-0.3, -0.25) is 4.79 Å². The predicted octanol–water partition coefficient (Wildman–Crippen LogP) is 2.37. The lowest BCUT2D eigenvalue weighted by Crippen LogP contribution is -1.95. The quantitative estimate of drug-likeness (QED) is 0.651. The van der Waals surface area contributed by atoms with Gasteiger partial charge in [-0.05, 0) is 6.92 Å². The van der Waals surface area contributed by atoms with Crippen LogP contribution in [-0.4, -0.2) is 12.6 Å². The van der Waals surface area contributed by atoms with Gasteiger partial charge in [0.05, 0.1) is 6.61 Å². The molecule has 0 saturated carbocycles. The minimum atomic E-state index is -0.211. The Morgan fingerprint density at radius 3 is 1.46 bits per heavy atom. The van der Waals surface area contributed by atoms with E-state index in [1.165, 1.54) is 6.92 Å². The molecule has 0 spiro atoms. The molecule has 0 aliphatic carbocycles. The predicted molar refractivity (Wildman–Crippen MR) is 59.1 cm³/mol. The molecule has 0 saturated heterocycles. The van der Waals surface area contributed by atoms with Crippen LogP contribution in [0.5, 0.6) is 0 Å². The highest BCUT2D eigenvalue weighted by atomic mass is 32.1. The fourth-order valence-electron chi connectivity index (χ4n) is 0.588. The van der Waals surface area contributed by atoms with Crippen LogP contribution in [0.25, 0.3) is 0 Å². The van der Waals surface area contributed by atoms with Crippen LogP contribution in [0.3, 0.4) is 0 Å². The van der Waals surface area contributed by atoms with Crippen LogP contribution in [0.15, 0.2) is 36.4 Å². The van der Waals surface area contributed by atoms with Gasteiger partial charge in [-0.1, -0.05) is 36.4 Å². The van der Waals surface area contributed by atoms with Crippen molar-refractivity contribution in [3.63, 3.8) is 0 Å². The zero-order chi connectivity index (χ0) is 9.23. The van der Waals surface area contributed by atoms with Crippen molar-refractivity contribution in [3.8, 4) is 0 Å². The molecule has 2 nitrogen and oxygen atoms in total. The molecule has 0 heterocycles. The molecule has 1 rings (SSSR count). The lowest BCUT2D eigenvalue weighted by molar-refractivity contribution is -0.140. The van der Waals surface area contributed by atoms with Crippen LogP contribution in [0.2, 0.25) is 0 Å². The summed E-state index contributed by atoms with van der Waals surface area (Å²) < 4.78 is 4.40. The average Bonchev–Trinajstić information content (AvgIpc) is 2.08. The van der Waals surface area contributed by atoms with E-state index in [1.807, 2.05) is 36.4 Å². The lowest BCUT2D eigenvalue weighted by Gasteiger charge is -1.89. The number of rotatable bonds is 1. The number of hydrogen-bond donors (Lipinski definition) is 0. The van der Waals surface area contributed by atoms with Crippen molar-refractivity contribution in [3.05, 3.63) is 36.4 Å². The Morgan fingerprint density at radius 1 is 1.08 bits per heavy atom. The van der Waals surface area contributed by atoms with Gasteiger partial charge in [0.2, 0.25) is 0 Å². The van der Waals surface area contributed by atoms with Crippen molar-refractivity contribution in [2.45, 2.75) is 13.8 Å². The molecular weight excluding hydrogens is 184 g/mol. The summed E-state index contributed by atoms with van der Waals surface area (Å²) in [7, 11) is 0. The summed E-state index contributed by atoms with van der Waals surface area (Å²) in [6, 6.07) is 12.0. The molecule has 0 aromatic heterocycles. The van der Waals surface area contributed by atoms with Crippen LogP contribution in [-0.2, 0) is 9.53 Å². The molecule has 0 unspecified atom stereocenters. The third-order valence-corrected chi connectivity index (χ3v) is 1.01. The molecule has 74 valence electrons. The van der Waals surface area contributed by atoms with E-state index >= 15 is 0 Å². The average molecular weight is 200 g/mol.